The summed E-state index contributed by atoms with van der Waals surface area (Å²) in [5, 5.41) is 220. The van der Waals surface area contributed by atoms with Crippen LogP contribution in [-0.4, -0.2) is 409 Å². The topological polar surface area (TPSA) is 741 Å². The predicted molar refractivity (Wildman–Crippen MR) is 471 cm³/mol. The second-order valence-electron chi connectivity index (χ2n) is 36.0. The lowest BCUT2D eigenvalue weighted by atomic mass is 9.84. The molecule has 0 saturated carbocycles. The van der Waals surface area contributed by atoms with Crippen LogP contribution in [0.1, 0.15) is 103 Å². The number of hydrogen-bond donors (Lipinski definition) is 23. The van der Waals surface area contributed by atoms with Crippen molar-refractivity contribution < 1.29 is 192 Å². The van der Waals surface area contributed by atoms with Crippen LogP contribution in [0.4, 0.5) is 16.2 Å². The van der Waals surface area contributed by atoms with Crippen molar-refractivity contribution in [2.75, 3.05) is 62.9 Å². The number of primary amides is 1. The van der Waals surface area contributed by atoms with Gasteiger partial charge in [-0.3, -0.25) is 43.3 Å². The SMILES string of the molecule is CC(=O)OCc1ccc(NC(=O)[C@H](CCCNC(N)=O)NC(=O)C(C(C)C)[C@@H](CCCCNC(=O)CCC(=O)N2Cc3ccccc3-c3nnn(CC4OC5OC6C(CO)OC(OC7C(CO)OC(OC8C(CO)OC(OC9C(CO)OC(OC%10C(CO)OC(OC4C(O)C5O)C(O)C%10O)C(O)C9O)C(O)C8O)C(O)C7O)C(O)C6O)c3-c3ccccc32)NC(=O)CCCCCN2C(=O)C=CC2=O)cc1. The molecule has 774 valence electrons. The molecule has 4 aromatic rings. The van der Waals surface area contributed by atoms with Gasteiger partial charge in [-0.05, 0) is 80.2 Å². The lowest BCUT2D eigenvalue weighted by molar-refractivity contribution is -0.403. The Balaban J connectivity index is 0.730. The summed E-state index contributed by atoms with van der Waals surface area (Å²) < 4.78 is 78.3. The molecule has 140 heavy (non-hydrogen) atoms. The normalized spacial score (nSPS) is 33.5. The number of ether oxygens (including phenoxy) is 13. The number of esters is 1. The predicted octanol–water partition coefficient (Wildman–Crippen LogP) is -7.63. The molecule has 28 rings (SSSR count). The summed E-state index contributed by atoms with van der Waals surface area (Å²) in [4.78, 5) is 122. The van der Waals surface area contributed by atoms with E-state index in [4.69, 9.17) is 67.3 Å². The number of carbonyl (C=O) groups excluding carboxylic acids is 9. The molecule has 1 aromatic heterocycles. The molecule has 50 nitrogen and oxygen atoms in total. The number of hydrogen-bond acceptors (Lipinski definition) is 41. The maximum atomic E-state index is 15.2. The molecule has 0 aliphatic carbocycles. The second kappa shape index (κ2) is 49.3. The minimum Gasteiger partial charge on any atom is -0.461 e. The molecular weight excluding hydrogens is 1860 g/mol. The first kappa shape index (κ1) is 108. The molecule has 0 radical (unpaired) electrons. The monoisotopic (exact) mass is 1980 g/mol. The van der Waals surface area contributed by atoms with Crippen LogP contribution in [0.15, 0.2) is 84.9 Å². The molecule has 24 aliphatic rings. The fraction of sp³-hybridized carbons (Fsp3) is 0.656. The van der Waals surface area contributed by atoms with Gasteiger partial charge in [-0.25, -0.2) is 9.48 Å². The first-order valence-electron chi connectivity index (χ1n) is 46.5. The third-order valence-corrected chi connectivity index (χ3v) is 26.0. The number of para-hydroxylation sites is 1. The third-order valence-electron chi connectivity index (χ3n) is 26.0. The minimum atomic E-state index is -2.34. The number of anilines is 2. The van der Waals surface area contributed by atoms with Crippen LogP contribution < -0.4 is 37.2 Å². The molecular formula is C90H125N11O39. The largest absolute Gasteiger partial charge is 0.461 e. The molecule has 22 saturated heterocycles. The second-order valence-corrected chi connectivity index (χ2v) is 36.0. The highest BCUT2D eigenvalue weighted by atomic mass is 16.8. The van der Waals surface area contributed by atoms with Crippen molar-refractivity contribution in [1.29, 1.82) is 0 Å². The molecule has 3 aromatic carbocycles. The number of unbranched alkanes of at least 4 members (excludes halogenated alkanes) is 3. The Morgan fingerprint density at radius 1 is 0.471 bits per heavy atom. The van der Waals surface area contributed by atoms with Gasteiger partial charge in [0.1, 0.15) is 165 Å². The van der Waals surface area contributed by atoms with E-state index in [1.54, 1.807) is 86.6 Å². The van der Waals surface area contributed by atoms with Crippen molar-refractivity contribution in [2.45, 2.75) is 307 Å². The first-order chi connectivity index (χ1) is 67.0. The summed E-state index contributed by atoms with van der Waals surface area (Å²) in [5.41, 5.74) is 8.06. The number of nitrogens with two attached hydrogens (primary N) is 1. The van der Waals surface area contributed by atoms with Gasteiger partial charge in [0, 0.05) is 80.8 Å². The number of carbonyl (C=O) groups is 9. The average molecular weight is 1990 g/mol. The van der Waals surface area contributed by atoms with Crippen LogP contribution in [0, 0.1) is 11.8 Å². The first-order valence-corrected chi connectivity index (χ1v) is 46.5. The minimum absolute atomic E-state index is 0.00148. The molecule has 31 unspecified atom stereocenters. The molecule has 0 spiro atoms. The van der Waals surface area contributed by atoms with E-state index in [9.17, 15) is 125 Å². The molecule has 33 atom stereocenters. The maximum Gasteiger partial charge on any atom is 0.312 e. The van der Waals surface area contributed by atoms with Gasteiger partial charge >= 0.3 is 12.0 Å². The van der Waals surface area contributed by atoms with Crippen LogP contribution in [0.25, 0.3) is 22.5 Å². The highest BCUT2D eigenvalue weighted by molar-refractivity contribution is 6.13. The highest BCUT2D eigenvalue weighted by Crippen LogP contribution is 2.45. The van der Waals surface area contributed by atoms with Crippen LogP contribution >= 0.6 is 0 Å². The van der Waals surface area contributed by atoms with Crippen molar-refractivity contribution >= 4 is 64.7 Å². The Labute approximate surface area is 800 Å². The van der Waals surface area contributed by atoms with Crippen LogP contribution in [0.2, 0.25) is 0 Å². The van der Waals surface area contributed by atoms with Crippen molar-refractivity contribution in [1.82, 2.24) is 41.2 Å². The molecule has 9 amide bonds. The number of fused-ring (bicyclic) bond motifs is 5. The van der Waals surface area contributed by atoms with E-state index in [0.29, 0.717) is 48.1 Å². The lowest BCUT2D eigenvalue weighted by Crippen LogP contribution is -2.69. The van der Waals surface area contributed by atoms with Crippen LogP contribution in [0.3, 0.4) is 0 Å². The van der Waals surface area contributed by atoms with Crippen LogP contribution in [0.5, 0.6) is 0 Å². The number of aliphatic hydroxyl groups excluding tert-OH is 17. The van der Waals surface area contributed by atoms with Crippen molar-refractivity contribution in [3.8, 4) is 22.5 Å². The van der Waals surface area contributed by atoms with E-state index in [2.05, 4.69) is 36.9 Å². The summed E-state index contributed by atoms with van der Waals surface area (Å²) in [6.45, 7) is -1.17. The van der Waals surface area contributed by atoms with Gasteiger partial charge in [-0.2, -0.15) is 0 Å². The molecule has 24 N–H and O–H groups in total. The zero-order valence-corrected chi connectivity index (χ0v) is 76.7. The van der Waals surface area contributed by atoms with Crippen molar-refractivity contribution in [3.05, 3.63) is 96.1 Å². The fourth-order valence-electron chi connectivity index (χ4n) is 18.5. The highest BCUT2D eigenvalue weighted by Gasteiger charge is 2.60. The number of rotatable bonds is 34. The Morgan fingerprint density at radius 2 is 0.921 bits per heavy atom. The summed E-state index contributed by atoms with van der Waals surface area (Å²) in [5.74, 6) is -5.53. The summed E-state index contributed by atoms with van der Waals surface area (Å²) in [7, 11) is 0. The van der Waals surface area contributed by atoms with E-state index in [1.165, 1.54) is 28.7 Å². The Bertz CT molecular complexity index is 4840. The zero-order chi connectivity index (χ0) is 101. The van der Waals surface area contributed by atoms with Gasteiger partial charge in [-0.1, -0.05) is 80.1 Å². The van der Waals surface area contributed by atoms with Gasteiger partial charge < -0.3 is 186 Å². The Morgan fingerprint density at radius 3 is 1.39 bits per heavy atom. The van der Waals surface area contributed by atoms with Gasteiger partial charge in [0.25, 0.3) is 11.8 Å². The van der Waals surface area contributed by atoms with E-state index in [0.717, 1.165) is 4.90 Å². The number of amides is 9. The maximum absolute atomic E-state index is 15.2. The summed E-state index contributed by atoms with van der Waals surface area (Å²) in [6, 6.07) is 16.9. The Hall–Kier alpha value is -9.39. The zero-order valence-electron chi connectivity index (χ0n) is 76.7. The van der Waals surface area contributed by atoms with E-state index in [1.807, 2.05) is 0 Å². The van der Waals surface area contributed by atoms with Gasteiger partial charge in [0.15, 0.2) is 37.7 Å². The van der Waals surface area contributed by atoms with Gasteiger partial charge in [0.2, 0.25) is 29.5 Å². The van der Waals surface area contributed by atoms with Gasteiger partial charge in [0.05, 0.1) is 63.4 Å². The quantitative estimate of drug-likeness (QED) is 0.0117. The molecule has 24 aliphatic heterocycles. The number of aromatic nitrogens is 3. The summed E-state index contributed by atoms with van der Waals surface area (Å²) in [6.07, 6.45) is -58.7. The molecule has 22 fully saturated rings. The summed E-state index contributed by atoms with van der Waals surface area (Å²) >= 11 is 0. The standard InChI is InChI=1S/C90H125N11O39/c1-40(2)61(83(126)96-48(18-13-30-93-90(91)127)82(125)94-44-23-21-42(22-24-44)39-128-41(3)107)47(95-57(109)20-5-4-12-31-99-58(110)27-28-59(99)111)17-10-11-29-92-56(108)25-26-60(112)100-32-43-14-6-7-15-45(43)62-63(46-16-8-9-19-49(46)100)101(98-97-62)33-50-76-64(113)70(119)84(129-50)136-77-51(34-102)131-86(72(121)66(77)115)138-79-53(36-104)133-88(74(123)68(79)117)140-81-55(38-106)134-89(75(124)69(81)118)139-80-54(37-105)132-87(73(122)67(80)116)137-78-52(35-103)130-85(135-76)71(120)65(78)114/h6-9,14-16,19,21-24,27-28,40,47-48,50-55,61,64-81,84-89,102-106,113-124H,4-5,10-13,17-18,20,25-26,29-39H2,1-3H3,(H,92,108)(H,94,125)(H,95,109)(H,96,126)(H3,91,93,127)/t47-,48+,50?,51?,52?,53?,54?,55?,61?,64?,65?,66?,67?,68?,69?,70?,71?,72?,73?,74?,75?,76?,77?,78?,79?,80?,81?,84?,85?,86?,87?,88?,89?/m1/s1. The molecule has 25 heterocycles. The van der Waals surface area contributed by atoms with E-state index < -0.39 is 301 Å². The van der Waals surface area contributed by atoms with Crippen LogP contribution in [-0.2, 0) is 120 Å². The number of imide groups is 1. The Kier molecular flexibility index (Phi) is 38.0. The van der Waals surface area contributed by atoms with Crippen molar-refractivity contribution in [3.63, 3.8) is 0 Å². The molecule has 50 heteroatoms. The van der Waals surface area contributed by atoms with E-state index in [-0.39, 0.29) is 100 Å². The fourth-order valence-corrected chi connectivity index (χ4v) is 18.5. The van der Waals surface area contributed by atoms with Gasteiger partial charge in [-0.15, -0.1) is 5.10 Å². The average Bonchev–Trinajstić information content (AvgIpc) is 1.58. The third kappa shape index (κ3) is 25.3. The van der Waals surface area contributed by atoms with E-state index >= 15 is 4.79 Å². The molecule has 12 bridgehead atoms. The number of benzene rings is 3. The van der Waals surface area contributed by atoms with Crippen molar-refractivity contribution in [2.24, 2.45) is 17.6 Å². The smallest absolute Gasteiger partial charge is 0.312 e. The number of aliphatic hydroxyl groups is 17. The lowest BCUT2D eigenvalue weighted by Gasteiger charge is -2.50. The number of nitrogens with one attached hydrogen (secondary N) is 5. The number of nitrogens with zero attached hydrogens (tertiary/aromatic N) is 5. The number of urea groups is 1.